The number of halogens is 1. The molecule has 1 atom stereocenters. The number of carbonyl (C=O) groups excluding carboxylic acids is 2. The molecule has 2 aromatic carbocycles. The maximum atomic E-state index is 13.1. The Bertz CT molecular complexity index is 833. The Labute approximate surface area is 185 Å². The van der Waals surface area contributed by atoms with E-state index in [-0.39, 0.29) is 11.8 Å². The number of hydrogen-bond acceptors (Lipinski definition) is 2. The number of rotatable bonds is 10. The van der Waals surface area contributed by atoms with Gasteiger partial charge in [-0.3, -0.25) is 9.59 Å². The van der Waals surface area contributed by atoms with Gasteiger partial charge in [-0.15, -0.1) is 0 Å². The zero-order valence-electron chi connectivity index (χ0n) is 18.5. The van der Waals surface area contributed by atoms with Gasteiger partial charge in [-0.25, -0.2) is 0 Å². The predicted molar refractivity (Wildman–Crippen MR) is 123 cm³/mol. The number of nitrogens with one attached hydrogen (secondary N) is 1. The van der Waals surface area contributed by atoms with Gasteiger partial charge < -0.3 is 10.2 Å². The van der Waals surface area contributed by atoms with Gasteiger partial charge in [-0.2, -0.15) is 0 Å². The van der Waals surface area contributed by atoms with Crippen molar-refractivity contribution in [2.75, 3.05) is 6.54 Å². The molecule has 0 aliphatic rings. The molecule has 0 bridgehead atoms. The monoisotopic (exact) mass is 428 g/mol. The van der Waals surface area contributed by atoms with Crippen molar-refractivity contribution in [2.24, 2.45) is 5.92 Å². The summed E-state index contributed by atoms with van der Waals surface area (Å²) in [6.45, 7) is 8.88. The van der Waals surface area contributed by atoms with Crippen molar-refractivity contribution in [3.8, 4) is 0 Å². The van der Waals surface area contributed by atoms with Gasteiger partial charge in [0.05, 0.1) is 0 Å². The summed E-state index contributed by atoms with van der Waals surface area (Å²) < 4.78 is 0. The standard InChI is InChI=1S/C25H33ClN2O2/c1-5-20-10-12-21(13-11-20)14-15-24(29)28(17-22-8-6-7-9-23(22)26)19(4)25(30)27-16-18(2)3/h6-13,18-19H,5,14-17H2,1-4H3,(H,27,30)/t19-/m0/s1. The molecule has 0 aliphatic heterocycles. The maximum absolute atomic E-state index is 13.1. The molecule has 30 heavy (non-hydrogen) atoms. The summed E-state index contributed by atoms with van der Waals surface area (Å²) in [6, 6.07) is 15.2. The molecule has 0 unspecified atom stereocenters. The predicted octanol–water partition coefficient (Wildman–Crippen LogP) is 5.02. The van der Waals surface area contributed by atoms with Crippen LogP contribution in [-0.4, -0.2) is 29.3 Å². The lowest BCUT2D eigenvalue weighted by Crippen LogP contribution is -2.48. The number of aryl methyl sites for hydroxylation is 2. The minimum Gasteiger partial charge on any atom is -0.354 e. The summed E-state index contributed by atoms with van der Waals surface area (Å²) in [5, 5.41) is 3.54. The quantitative estimate of drug-likeness (QED) is 0.577. The van der Waals surface area contributed by atoms with Gasteiger partial charge in [0.1, 0.15) is 6.04 Å². The topological polar surface area (TPSA) is 49.4 Å². The fourth-order valence-electron chi connectivity index (χ4n) is 3.18. The van der Waals surface area contributed by atoms with Crippen LogP contribution in [0.15, 0.2) is 48.5 Å². The van der Waals surface area contributed by atoms with Crippen LogP contribution in [0.25, 0.3) is 0 Å². The van der Waals surface area contributed by atoms with Gasteiger partial charge in [-0.1, -0.05) is 74.8 Å². The first kappa shape index (κ1) is 23.9. The smallest absolute Gasteiger partial charge is 0.242 e. The fraction of sp³-hybridized carbons (Fsp3) is 0.440. The molecule has 2 aromatic rings. The summed E-state index contributed by atoms with van der Waals surface area (Å²) in [4.78, 5) is 27.5. The van der Waals surface area contributed by atoms with Crippen molar-refractivity contribution in [3.05, 3.63) is 70.2 Å². The summed E-state index contributed by atoms with van der Waals surface area (Å²) in [6.07, 6.45) is 1.98. The highest BCUT2D eigenvalue weighted by Gasteiger charge is 2.26. The van der Waals surface area contributed by atoms with Crippen LogP contribution in [0.2, 0.25) is 5.02 Å². The van der Waals surface area contributed by atoms with Crippen LogP contribution in [0.5, 0.6) is 0 Å². The average Bonchev–Trinajstić information content (AvgIpc) is 2.75. The summed E-state index contributed by atoms with van der Waals surface area (Å²) in [5.74, 6) is 0.151. The van der Waals surface area contributed by atoms with Crippen molar-refractivity contribution in [1.29, 1.82) is 0 Å². The summed E-state index contributed by atoms with van der Waals surface area (Å²) in [5.41, 5.74) is 3.24. The van der Waals surface area contributed by atoms with E-state index in [1.165, 1.54) is 5.56 Å². The molecule has 0 spiro atoms. The molecule has 0 saturated carbocycles. The number of amides is 2. The van der Waals surface area contributed by atoms with Gasteiger partial charge in [-0.05, 0) is 48.4 Å². The number of benzene rings is 2. The van der Waals surface area contributed by atoms with Crippen molar-refractivity contribution in [2.45, 2.75) is 59.5 Å². The molecule has 0 heterocycles. The summed E-state index contributed by atoms with van der Waals surface area (Å²) in [7, 11) is 0. The van der Waals surface area contributed by atoms with E-state index in [0.29, 0.717) is 36.9 Å². The van der Waals surface area contributed by atoms with E-state index in [0.717, 1.165) is 17.5 Å². The average molecular weight is 429 g/mol. The second-order valence-electron chi connectivity index (χ2n) is 8.10. The van der Waals surface area contributed by atoms with Gasteiger partial charge in [0.2, 0.25) is 11.8 Å². The van der Waals surface area contributed by atoms with Crippen LogP contribution in [0.1, 0.15) is 50.8 Å². The van der Waals surface area contributed by atoms with Crippen LogP contribution in [0, 0.1) is 5.92 Å². The van der Waals surface area contributed by atoms with Crippen molar-refractivity contribution < 1.29 is 9.59 Å². The Kier molecular flexibility index (Phi) is 9.38. The first-order chi connectivity index (χ1) is 14.3. The van der Waals surface area contributed by atoms with E-state index in [1.54, 1.807) is 17.9 Å². The number of nitrogens with zero attached hydrogens (tertiary/aromatic N) is 1. The van der Waals surface area contributed by atoms with Crippen LogP contribution < -0.4 is 5.32 Å². The third kappa shape index (κ3) is 7.17. The molecule has 5 heteroatoms. The SMILES string of the molecule is CCc1ccc(CCC(=O)N(Cc2ccccc2Cl)[C@@H](C)C(=O)NCC(C)C)cc1. The lowest BCUT2D eigenvalue weighted by Gasteiger charge is -2.29. The fourth-order valence-corrected chi connectivity index (χ4v) is 3.38. The third-order valence-electron chi connectivity index (χ3n) is 5.21. The normalized spacial score (nSPS) is 11.9. The molecular weight excluding hydrogens is 396 g/mol. The number of hydrogen-bond donors (Lipinski definition) is 1. The second kappa shape index (κ2) is 11.8. The zero-order chi connectivity index (χ0) is 22.1. The van der Waals surface area contributed by atoms with Crippen molar-refractivity contribution >= 4 is 23.4 Å². The third-order valence-corrected chi connectivity index (χ3v) is 5.58. The van der Waals surface area contributed by atoms with Gasteiger partial charge in [0.25, 0.3) is 0 Å². The Morgan fingerprint density at radius 2 is 1.63 bits per heavy atom. The van der Waals surface area contributed by atoms with E-state index in [1.807, 2.05) is 32.0 Å². The molecule has 1 N–H and O–H groups in total. The highest BCUT2D eigenvalue weighted by molar-refractivity contribution is 6.31. The molecule has 2 rings (SSSR count). The van der Waals surface area contributed by atoms with E-state index in [4.69, 9.17) is 11.6 Å². The summed E-state index contributed by atoms with van der Waals surface area (Å²) >= 11 is 6.32. The van der Waals surface area contributed by atoms with Crippen molar-refractivity contribution in [3.63, 3.8) is 0 Å². The van der Waals surface area contributed by atoms with Gasteiger partial charge in [0, 0.05) is 24.5 Å². The van der Waals surface area contributed by atoms with E-state index in [2.05, 4.69) is 36.5 Å². The Morgan fingerprint density at radius 1 is 1.00 bits per heavy atom. The lowest BCUT2D eigenvalue weighted by molar-refractivity contribution is -0.140. The minimum absolute atomic E-state index is 0.0540. The highest BCUT2D eigenvalue weighted by Crippen LogP contribution is 2.20. The van der Waals surface area contributed by atoms with Gasteiger partial charge in [0.15, 0.2) is 0 Å². The number of carbonyl (C=O) groups is 2. The van der Waals surface area contributed by atoms with Crippen molar-refractivity contribution in [1.82, 2.24) is 10.2 Å². The largest absolute Gasteiger partial charge is 0.354 e. The maximum Gasteiger partial charge on any atom is 0.242 e. The highest BCUT2D eigenvalue weighted by atomic mass is 35.5. The molecule has 0 saturated heterocycles. The molecule has 4 nitrogen and oxygen atoms in total. The van der Waals surface area contributed by atoms with Crippen LogP contribution >= 0.6 is 11.6 Å². The van der Waals surface area contributed by atoms with E-state index in [9.17, 15) is 9.59 Å². The first-order valence-electron chi connectivity index (χ1n) is 10.7. The molecule has 0 radical (unpaired) electrons. The minimum atomic E-state index is -0.574. The molecular formula is C25H33ClN2O2. The molecule has 0 aliphatic carbocycles. The Balaban J connectivity index is 2.12. The van der Waals surface area contributed by atoms with Crippen LogP contribution in [0.3, 0.4) is 0 Å². The Morgan fingerprint density at radius 3 is 2.23 bits per heavy atom. The van der Waals surface area contributed by atoms with Crippen LogP contribution in [0.4, 0.5) is 0 Å². The zero-order valence-corrected chi connectivity index (χ0v) is 19.2. The van der Waals surface area contributed by atoms with E-state index < -0.39 is 6.04 Å². The Hall–Kier alpha value is -2.33. The molecule has 0 aromatic heterocycles. The molecule has 2 amide bonds. The van der Waals surface area contributed by atoms with E-state index >= 15 is 0 Å². The van der Waals surface area contributed by atoms with Gasteiger partial charge >= 0.3 is 0 Å². The van der Waals surface area contributed by atoms with Crippen LogP contribution in [-0.2, 0) is 29.0 Å². The lowest BCUT2D eigenvalue weighted by atomic mass is 10.0. The molecule has 162 valence electrons. The second-order valence-corrected chi connectivity index (χ2v) is 8.51. The molecule has 0 fully saturated rings. The first-order valence-corrected chi connectivity index (χ1v) is 11.1.